The van der Waals surface area contributed by atoms with Crippen molar-refractivity contribution in [3.05, 3.63) is 47.0 Å². The number of nitrogens with zero attached hydrogens (tertiary/aromatic N) is 1. The largest absolute Gasteiger partial charge is 0.493 e. The Hall–Kier alpha value is -2.50. The summed E-state index contributed by atoms with van der Waals surface area (Å²) in [6.07, 6.45) is 5.78. The maximum atomic E-state index is 10.2. The highest BCUT2D eigenvalue weighted by Gasteiger charge is 2.24. The van der Waals surface area contributed by atoms with Crippen molar-refractivity contribution in [2.24, 2.45) is 0 Å². The number of fused-ring (bicyclic) bond motifs is 1. The van der Waals surface area contributed by atoms with Crippen LogP contribution in [0.25, 0.3) is 22.2 Å². The quantitative estimate of drug-likeness (QED) is 0.427. The summed E-state index contributed by atoms with van der Waals surface area (Å²) >= 11 is 0. The fourth-order valence-corrected chi connectivity index (χ4v) is 5.33. The third-order valence-electron chi connectivity index (χ3n) is 7.22. The van der Waals surface area contributed by atoms with E-state index in [0.29, 0.717) is 5.92 Å². The number of nitrogens with one attached hydrogen (secondary N) is 1. The Balaban J connectivity index is 1.71. The SMILES string of the molecule is CCCCN1CCC(c2cc3c(CC)c(-c4ccc(OC)c(OC)c4)[nH]c3cc2CO)CC1. The molecule has 0 radical (unpaired) electrons. The number of H-pyrrole nitrogens is 1. The van der Waals surface area contributed by atoms with E-state index >= 15 is 0 Å². The number of benzene rings is 2. The molecular weight excluding hydrogens is 412 g/mol. The van der Waals surface area contributed by atoms with Crippen LogP contribution in [-0.2, 0) is 13.0 Å². The van der Waals surface area contributed by atoms with Crippen LogP contribution in [0.15, 0.2) is 30.3 Å². The first-order valence-electron chi connectivity index (χ1n) is 12.4. The first-order chi connectivity index (χ1) is 16.1. The van der Waals surface area contributed by atoms with Crippen LogP contribution in [0.4, 0.5) is 0 Å². The van der Waals surface area contributed by atoms with Crippen LogP contribution in [0.2, 0.25) is 0 Å². The van der Waals surface area contributed by atoms with Crippen LogP contribution in [0.5, 0.6) is 11.5 Å². The monoisotopic (exact) mass is 450 g/mol. The summed E-state index contributed by atoms with van der Waals surface area (Å²) in [6.45, 7) is 8.05. The zero-order chi connectivity index (χ0) is 23.4. The summed E-state index contributed by atoms with van der Waals surface area (Å²) in [6, 6.07) is 10.6. The van der Waals surface area contributed by atoms with E-state index in [1.807, 2.05) is 12.1 Å². The van der Waals surface area contributed by atoms with Crippen LogP contribution >= 0.6 is 0 Å². The van der Waals surface area contributed by atoms with Crippen molar-refractivity contribution in [3.63, 3.8) is 0 Å². The number of ether oxygens (including phenoxy) is 2. The van der Waals surface area contributed by atoms with Gasteiger partial charge < -0.3 is 24.5 Å². The molecule has 4 rings (SSSR count). The van der Waals surface area contributed by atoms with E-state index in [1.165, 1.54) is 35.9 Å². The first-order valence-corrected chi connectivity index (χ1v) is 12.4. The van der Waals surface area contributed by atoms with Crippen molar-refractivity contribution in [3.8, 4) is 22.8 Å². The van der Waals surface area contributed by atoms with Gasteiger partial charge in [0, 0.05) is 22.2 Å². The van der Waals surface area contributed by atoms with Crippen molar-refractivity contribution >= 4 is 10.9 Å². The molecule has 0 unspecified atom stereocenters. The molecule has 178 valence electrons. The lowest BCUT2D eigenvalue weighted by Gasteiger charge is -2.33. The minimum absolute atomic E-state index is 0.0769. The zero-order valence-corrected chi connectivity index (χ0v) is 20.5. The zero-order valence-electron chi connectivity index (χ0n) is 20.5. The number of likely N-dealkylation sites (tertiary alicyclic amines) is 1. The number of aliphatic hydroxyl groups excluding tert-OH is 1. The highest BCUT2D eigenvalue weighted by atomic mass is 16.5. The number of aliphatic hydroxyl groups is 1. The minimum Gasteiger partial charge on any atom is -0.493 e. The Kier molecular flexibility index (Phi) is 7.61. The Labute approximate surface area is 197 Å². The second-order valence-electron chi connectivity index (χ2n) is 9.13. The Morgan fingerprint density at radius 1 is 1.03 bits per heavy atom. The highest BCUT2D eigenvalue weighted by molar-refractivity contribution is 5.92. The standard InChI is InChI=1S/C28H38N2O3/c1-5-7-12-30-13-10-19(11-14-30)23-17-24-22(6-2)28(29-25(24)15-21(23)18-31)20-8-9-26(32-3)27(16-20)33-4/h8-9,15-17,19,29,31H,5-7,10-14,18H2,1-4H3. The van der Waals surface area contributed by atoms with Crippen molar-refractivity contribution in [1.82, 2.24) is 9.88 Å². The van der Waals surface area contributed by atoms with Crippen LogP contribution in [0, 0.1) is 0 Å². The molecule has 3 aromatic rings. The molecule has 0 atom stereocenters. The molecule has 33 heavy (non-hydrogen) atoms. The third-order valence-corrected chi connectivity index (χ3v) is 7.22. The van der Waals surface area contributed by atoms with Gasteiger partial charge in [-0.05, 0) is 98.3 Å². The topological polar surface area (TPSA) is 57.7 Å². The number of hydrogen-bond acceptors (Lipinski definition) is 4. The van der Waals surface area contributed by atoms with E-state index in [0.717, 1.165) is 66.2 Å². The summed E-state index contributed by atoms with van der Waals surface area (Å²) in [4.78, 5) is 6.24. The van der Waals surface area contributed by atoms with Gasteiger partial charge in [-0.2, -0.15) is 0 Å². The Bertz CT molecular complexity index is 1080. The van der Waals surface area contributed by atoms with Crippen LogP contribution < -0.4 is 9.47 Å². The smallest absolute Gasteiger partial charge is 0.161 e. The maximum absolute atomic E-state index is 10.2. The Morgan fingerprint density at radius 3 is 2.42 bits per heavy atom. The number of aryl methyl sites for hydroxylation is 1. The van der Waals surface area contributed by atoms with Crippen molar-refractivity contribution in [2.45, 2.75) is 58.5 Å². The fraction of sp³-hybridized carbons (Fsp3) is 0.500. The van der Waals surface area contributed by atoms with Crippen LogP contribution in [0.1, 0.15) is 62.1 Å². The van der Waals surface area contributed by atoms with E-state index in [1.54, 1.807) is 14.2 Å². The van der Waals surface area contributed by atoms with Gasteiger partial charge in [-0.1, -0.05) is 20.3 Å². The molecule has 1 aromatic heterocycles. The van der Waals surface area contributed by atoms with Crippen molar-refractivity contribution < 1.29 is 14.6 Å². The predicted molar refractivity (Wildman–Crippen MR) is 135 cm³/mol. The average molecular weight is 451 g/mol. The average Bonchev–Trinajstić information content (AvgIpc) is 3.23. The molecule has 1 aliphatic rings. The molecule has 0 bridgehead atoms. The van der Waals surface area contributed by atoms with Gasteiger partial charge in [0.25, 0.3) is 0 Å². The molecule has 1 saturated heterocycles. The van der Waals surface area contributed by atoms with E-state index in [9.17, 15) is 5.11 Å². The van der Waals surface area contributed by atoms with Gasteiger partial charge in [-0.3, -0.25) is 0 Å². The molecule has 2 aromatic carbocycles. The molecule has 1 aliphatic heterocycles. The molecule has 0 spiro atoms. The van der Waals surface area contributed by atoms with E-state index in [4.69, 9.17) is 9.47 Å². The molecule has 0 amide bonds. The third kappa shape index (κ3) is 4.75. The number of rotatable bonds is 9. The first kappa shape index (κ1) is 23.7. The second kappa shape index (κ2) is 10.6. The van der Waals surface area contributed by atoms with Gasteiger partial charge in [-0.25, -0.2) is 0 Å². The lowest BCUT2D eigenvalue weighted by molar-refractivity contribution is 0.208. The Morgan fingerprint density at radius 2 is 1.79 bits per heavy atom. The molecule has 2 N–H and O–H groups in total. The predicted octanol–water partition coefficient (Wildman–Crippen LogP) is 5.89. The minimum atomic E-state index is 0.0769. The van der Waals surface area contributed by atoms with E-state index in [2.05, 4.69) is 41.9 Å². The summed E-state index contributed by atoms with van der Waals surface area (Å²) in [5.74, 6) is 1.96. The fourth-order valence-electron chi connectivity index (χ4n) is 5.33. The summed E-state index contributed by atoms with van der Waals surface area (Å²) in [5.41, 5.74) is 6.97. The van der Waals surface area contributed by atoms with E-state index < -0.39 is 0 Å². The lowest BCUT2D eigenvalue weighted by atomic mass is 9.85. The van der Waals surface area contributed by atoms with Gasteiger partial charge >= 0.3 is 0 Å². The van der Waals surface area contributed by atoms with Crippen molar-refractivity contribution in [1.29, 1.82) is 0 Å². The summed E-state index contributed by atoms with van der Waals surface area (Å²) in [5, 5.41) is 11.5. The molecule has 5 nitrogen and oxygen atoms in total. The van der Waals surface area contributed by atoms with Gasteiger partial charge in [0.2, 0.25) is 0 Å². The second-order valence-corrected chi connectivity index (χ2v) is 9.13. The summed E-state index contributed by atoms with van der Waals surface area (Å²) in [7, 11) is 3.32. The highest BCUT2D eigenvalue weighted by Crippen LogP contribution is 2.39. The molecule has 5 heteroatoms. The van der Waals surface area contributed by atoms with Crippen LogP contribution in [-0.4, -0.2) is 48.8 Å². The normalized spacial score (nSPS) is 15.3. The number of piperidine rings is 1. The molecule has 1 fully saturated rings. The number of hydrogen-bond donors (Lipinski definition) is 2. The van der Waals surface area contributed by atoms with E-state index in [-0.39, 0.29) is 6.61 Å². The van der Waals surface area contributed by atoms with Gasteiger partial charge in [0.05, 0.1) is 20.8 Å². The molecule has 0 aliphatic carbocycles. The van der Waals surface area contributed by atoms with Gasteiger partial charge in [-0.15, -0.1) is 0 Å². The molecule has 2 heterocycles. The van der Waals surface area contributed by atoms with Crippen molar-refractivity contribution in [2.75, 3.05) is 33.9 Å². The number of aromatic nitrogens is 1. The molecular formula is C28H38N2O3. The molecule has 0 saturated carbocycles. The maximum Gasteiger partial charge on any atom is 0.161 e. The number of methoxy groups -OCH3 is 2. The van der Waals surface area contributed by atoms with Gasteiger partial charge in [0.15, 0.2) is 11.5 Å². The number of aromatic amines is 1. The summed E-state index contributed by atoms with van der Waals surface area (Å²) < 4.78 is 11.0. The van der Waals surface area contributed by atoms with Gasteiger partial charge in [0.1, 0.15) is 0 Å². The lowest BCUT2D eigenvalue weighted by Crippen LogP contribution is -2.33. The van der Waals surface area contributed by atoms with Crippen LogP contribution in [0.3, 0.4) is 0 Å². The number of unbranched alkanes of at least 4 members (excludes halogenated alkanes) is 1.